The van der Waals surface area contributed by atoms with Crippen molar-refractivity contribution in [2.24, 2.45) is 22.7 Å². The van der Waals surface area contributed by atoms with Gasteiger partial charge in [0.15, 0.2) is 5.82 Å². The second-order valence-corrected chi connectivity index (χ2v) is 24.4. The van der Waals surface area contributed by atoms with Crippen LogP contribution in [0.25, 0.3) is 16.6 Å². The Labute approximate surface area is 436 Å². The molecule has 2 atom stereocenters. The number of hydrogen-bond donors (Lipinski definition) is 2. The fourth-order valence-corrected chi connectivity index (χ4v) is 14.5. The van der Waals surface area contributed by atoms with E-state index in [4.69, 9.17) is 15.0 Å². The quantitative estimate of drug-likeness (QED) is 0.193. The molecule has 2 N–H and O–H groups in total. The largest absolute Gasteiger partial charge is 0.366 e. The molecule has 2 saturated carbocycles. The number of imidazole rings is 1. The van der Waals surface area contributed by atoms with E-state index in [0.717, 1.165) is 122 Å². The number of rotatable bonds is 10. The molecule has 9 heterocycles. The van der Waals surface area contributed by atoms with Crippen LogP contribution in [0.15, 0.2) is 42.0 Å². The summed E-state index contributed by atoms with van der Waals surface area (Å²) in [6, 6.07) is 5.56. The van der Waals surface area contributed by atoms with Crippen molar-refractivity contribution in [1.29, 1.82) is 0 Å². The normalized spacial score (nSPS) is 27.7. The first-order chi connectivity index (χ1) is 35.7. The first-order valence-corrected chi connectivity index (χ1v) is 28.5. The Morgan fingerprint density at radius 3 is 2.23 bits per heavy atom. The number of fused-ring (bicyclic) bond motifs is 2. The van der Waals surface area contributed by atoms with Crippen LogP contribution in [0.2, 0.25) is 0 Å². The number of anilines is 2. The number of imide groups is 1. The Bertz CT molecular complexity index is 2810. The number of amides is 5. The van der Waals surface area contributed by atoms with Gasteiger partial charge in [-0.05, 0) is 164 Å². The predicted octanol–water partition coefficient (Wildman–Crippen LogP) is 7.50. The average Bonchev–Trinajstić information content (AvgIpc) is 4.06. The zero-order chi connectivity index (χ0) is 51.2. The summed E-state index contributed by atoms with van der Waals surface area (Å²) in [5.41, 5.74) is 7.09. The molecule has 1 spiro atoms. The summed E-state index contributed by atoms with van der Waals surface area (Å²) in [6.45, 7) is 16.8. The molecular weight excluding hydrogens is 931 g/mol. The van der Waals surface area contributed by atoms with Gasteiger partial charge in [0.25, 0.3) is 0 Å². The number of hydrogen-bond acceptors (Lipinski definition) is 11. The third-order valence-corrected chi connectivity index (χ3v) is 19.2. The SMILES string of the molecule is Cc1cc(C2CCC(=O)NC2=O)cnc1N1CCC(C(=O)N2CCC(C)(C(=O)N3CCC4(CC3)C(=O)N(C3CC(N5CCCCC5)C3)C3=C4C(C)CC(c4cc5ncn(C(C)C)c5c(NC5CC5)n4)=C3)CC2)CC1. The van der Waals surface area contributed by atoms with Gasteiger partial charge < -0.3 is 34.4 Å². The van der Waals surface area contributed by atoms with Crippen molar-refractivity contribution >= 4 is 57.8 Å². The molecule has 16 heteroatoms. The maximum absolute atomic E-state index is 15.5. The van der Waals surface area contributed by atoms with Gasteiger partial charge in [0.1, 0.15) is 11.3 Å². The number of carbonyl (C=O) groups excluding carboxylic acids is 5. The summed E-state index contributed by atoms with van der Waals surface area (Å²) in [4.78, 5) is 94.7. The molecule has 0 aromatic carbocycles. The summed E-state index contributed by atoms with van der Waals surface area (Å²) in [7, 11) is 0. The molecule has 0 bridgehead atoms. The third kappa shape index (κ3) is 8.71. The van der Waals surface area contributed by atoms with E-state index < -0.39 is 10.8 Å². The van der Waals surface area contributed by atoms with E-state index in [1.165, 1.54) is 24.8 Å². The molecule has 7 fully saturated rings. The summed E-state index contributed by atoms with van der Waals surface area (Å²) in [6.07, 6.45) is 19.8. The molecule has 12 rings (SSSR count). The minimum Gasteiger partial charge on any atom is -0.366 e. The molecule has 16 nitrogen and oxygen atoms in total. The third-order valence-electron chi connectivity index (χ3n) is 19.2. The Hall–Kier alpha value is -5.64. The molecule has 3 aromatic heterocycles. The lowest BCUT2D eigenvalue weighted by atomic mass is 9.66. The zero-order valence-electron chi connectivity index (χ0n) is 44.5. The van der Waals surface area contributed by atoms with Crippen molar-refractivity contribution in [3.05, 3.63) is 58.8 Å². The molecule has 5 saturated heterocycles. The van der Waals surface area contributed by atoms with Gasteiger partial charge in [0, 0.05) is 93.1 Å². The van der Waals surface area contributed by atoms with Crippen LogP contribution >= 0.6 is 0 Å². The van der Waals surface area contributed by atoms with Crippen LogP contribution in [0.1, 0.15) is 159 Å². The molecule has 3 aliphatic carbocycles. The molecule has 2 unspecified atom stereocenters. The van der Waals surface area contributed by atoms with Crippen LogP contribution in [0, 0.1) is 29.6 Å². The fourth-order valence-electron chi connectivity index (χ4n) is 14.5. The summed E-state index contributed by atoms with van der Waals surface area (Å²) < 4.78 is 2.22. The first-order valence-electron chi connectivity index (χ1n) is 28.5. The second-order valence-electron chi connectivity index (χ2n) is 24.4. The van der Waals surface area contributed by atoms with Gasteiger partial charge in [-0.3, -0.25) is 29.3 Å². The van der Waals surface area contributed by atoms with Crippen molar-refractivity contribution < 1.29 is 24.0 Å². The summed E-state index contributed by atoms with van der Waals surface area (Å²) >= 11 is 0. The Kier molecular flexibility index (Phi) is 12.8. The highest BCUT2D eigenvalue weighted by atomic mass is 16.2. The molecule has 6 aliphatic heterocycles. The highest BCUT2D eigenvalue weighted by molar-refractivity contribution is 6.01. The molecule has 74 heavy (non-hydrogen) atoms. The van der Waals surface area contributed by atoms with E-state index in [0.29, 0.717) is 76.8 Å². The summed E-state index contributed by atoms with van der Waals surface area (Å²) in [5, 5.41) is 6.19. The highest BCUT2D eigenvalue weighted by Crippen LogP contribution is 2.57. The van der Waals surface area contributed by atoms with Gasteiger partial charge in [-0.1, -0.05) is 26.3 Å². The minimum absolute atomic E-state index is 0.0737. The number of aryl methyl sites for hydroxylation is 1. The lowest BCUT2D eigenvalue weighted by Crippen LogP contribution is -2.58. The van der Waals surface area contributed by atoms with Crippen LogP contribution < -0.4 is 15.5 Å². The van der Waals surface area contributed by atoms with Gasteiger partial charge in [0.05, 0.1) is 28.9 Å². The molecule has 3 aromatic rings. The number of carbonyl (C=O) groups is 5. The van der Waals surface area contributed by atoms with Crippen molar-refractivity contribution in [1.82, 2.24) is 44.4 Å². The van der Waals surface area contributed by atoms with Gasteiger partial charge in [-0.15, -0.1) is 0 Å². The Balaban J connectivity index is 0.714. The van der Waals surface area contributed by atoms with Gasteiger partial charge in [-0.2, -0.15) is 0 Å². The second kappa shape index (κ2) is 19.2. The van der Waals surface area contributed by atoms with E-state index in [9.17, 15) is 19.2 Å². The van der Waals surface area contributed by atoms with E-state index >= 15 is 4.79 Å². The van der Waals surface area contributed by atoms with Gasteiger partial charge >= 0.3 is 0 Å². The maximum Gasteiger partial charge on any atom is 0.237 e. The van der Waals surface area contributed by atoms with Crippen molar-refractivity contribution in [3.8, 4) is 0 Å². The average molecular weight is 1010 g/mol. The number of allylic oxidation sites excluding steroid dienone is 2. The Morgan fingerprint density at radius 1 is 0.838 bits per heavy atom. The summed E-state index contributed by atoms with van der Waals surface area (Å²) in [5.74, 6) is 1.58. The number of pyridine rings is 2. The van der Waals surface area contributed by atoms with Crippen molar-refractivity contribution in [2.75, 3.05) is 62.6 Å². The minimum atomic E-state index is -0.629. The lowest BCUT2D eigenvalue weighted by Gasteiger charge is -2.49. The maximum atomic E-state index is 15.5. The predicted molar refractivity (Wildman–Crippen MR) is 284 cm³/mol. The van der Waals surface area contributed by atoms with E-state index in [1.807, 2.05) is 24.2 Å². The van der Waals surface area contributed by atoms with Crippen LogP contribution in [-0.4, -0.2) is 139 Å². The molecule has 394 valence electrons. The molecule has 5 amide bonds. The highest BCUT2D eigenvalue weighted by Gasteiger charge is 2.59. The van der Waals surface area contributed by atoms with Crippen LogP contribution in [0.4, 0.5) is 11.6 Å². The molecular formula is C58H77N11O5. The smallest absolute Gasteiger partial charge is 0.237 e. The number of piperidine rings is 5. The molecule has 9 aliphatic rings. The molecule has 0 radical (unpaired) electrons. The monoisotopic (exact) mass is 1010 g/mol. The number of nitrogens with zero attached hydrogens (tertiary/aromatic N) is 9. The van der Waals surface area contributed by atoms with Crippen LogP contribution in [0.5, 0.6) is 0 Å². The lowest BCUT2D eigenvalue weighted by molar-refractivity contribution is -0.153. The van der Waals surface area contributed by atoms with Crippen molar-refractivity contribution in [3.63, 3.8) is 0 Å². The number of nitrogens with one attached hydrogen (secondary N) is 2. The fraction of sp³-hybridized carbons (Fsp3) is 0.655. The zero-order valence-corrected chi connectivity index (χ0v) is 44.5. The van der Waals surface area contributed by atoms with Crippen molar-refractivity contribution in [2.45, 2.75) is 167 Å². The van der Waals surface area contributed by atoms with E-state index in [1.54, 1.807) is 6.20 Å². The van der Waals surface area contributed by atoms with Crippen LogP contribution in [0.3, 0.4) is 0 Å². The Morgan fingerprint density at radius 2 is 1.55 bits per heavy atom. The van der Waals surface area contributed by atoms with Gasteiger partial charge in [0.2, 0.25) is 29.5 Å². The van der Waals surface area contributed by atoms with Gasteiger partial charge in [-0.25, -0.2) is 15.0 Å². The van der Waals surface area contributed by atoms with E-state index in [2.05, 4.69) is 74.6 Å². The number of likely N-dealkylation sites (tertiary alicyclic amines) is 3. The standard InChI is InChI=1S/C58H77N11O5/c1-35(2)68-34-60-46-32-45(62-51(50(46)68)61-41-9-10-41)39-27-36(3)49-47(29-39)69(43-30-42(31-43)64-19-7-6-8-20-64)56(74)58(49)17-25-67(26-18-58)55(73)57(5)15-23-66(24-16-57)54(72)38-13-21-65(22-14-38)52-37(4)28-40(33-59-52)44-11-12-48(70)63-53(44)71/h28-29,32-36,38,41-44H,6-27,30-31H2,1-5H3,(H,61,62)(H,63,70,71). The topological polar surface area (TPSA) is 169 Å². The first kappa shape index (κ1) is 49.2. The van der Waals surface area contributed by atoms with E-state index in [-0.39, 0.29) is 59.4 Å². The number of aromatic nitrogens is 4. The van der Waals surface area contributed by atoms with Crippen LogP contribution in [-0.2, 0) is 24.0 Å².